The average molecular weight is 375 g/mol. The van der Waals surface area contributed by atoms with Crippen molar-refractivity contribution in [2.24, 2.45) is 11.1 Å². The number of nitrogens with one attached hydrogen (secondary N) is 1. The minimum atomic E-state index is -0.454. The standard InChI is InChI=1S/C18H30N2O2S.ClH/c1-5-18(6-2,13-19)17(21)20-14(3)15-7-9-16(10-8-15)23-12-11-22-4;/h7-10,14H,5-6,11-13,19H2,1-4H3,(H,20,21);1H. The van der Waals surface area contributed by atoms with Crippen molar-refractivity contribution in [2.75, 3.05) is 26.0 Å². The largest absolute Gasteiger partial charge is 0.384 e. The van der Waals surface area contributed by atoms with Gasteiger partial charge in [0.05, 0.1) is 18.1 Å². The lowest BCUT2D eigenvalue weighted by Gasteiger charge is -2.30. The number of carbonyl (C=O) groups is 1. The smallest absolute Gasteiger partial charge is 0.227 e. The van der Waals surface area contributed by atoms with Crippen LogP contribution in [0.25, 0.3) is 0 Å². The van der Waals surface area contributed by atoms with E-state index in [1.807, 2.05) is 20.8 Å². The van der Waals surface area contributed by atoms with Gasteiger partial charge in [0, 0.05) is 24.3 Å². The number of halogens is 1. The van der Waals surface area contributed by atoms with Gasteiger partial charge in [0.25, 0.3) is 0 Å². The number of ether oxygens (including phenoxy) is 1. The van der Waals surface area contributed by atoms with Crippen LogP contribution < -0.4 is 11.1 Å². The zero-order chi connectivity index (χ0) is 17.3. The number of rotatable bonds is 10. The van der Waals surface area contributed by atoms with Crippen LogP contribution in [0.3, 0.4) is 0 Å². The Morgan fingerprint density at radius 1 is 1.29 bits per heavy atom. The maximum atomic E-state index is 12.6. The van der Waals surface area contributed by atoms with Crippen molar-refractivity contribution < 1.29 is 9.53 Å². The van der Waals surface area contributed by atoms with Gasteiger partial charge in [-0.25, -0.2) is 0 Å². The van der Waals surface area contributed by atoms with Crippen LogP contribution in [0.2, 0.25) is 0 Å². The number of carbonyl (C=O) groups excluding carboxylic acids is 1. The van der Waals surface area contributed by atoms with Crippen LogP contribution in [-0.4, -0.2) is 31.9 Å². The van der Waals surface area contributed by atoms with Gasteiger partial charge in [-0.15, -0.1) is 24.2 Å². The summed E-state index contributed by atoms with van der Waals surface area (Å²) in [4.78, 5) is 13.8. The minimum absolute atomic E-state index is 0. The van der Waals surface area contributed by atoms with Crippen LogP contribution in [0.1, 0.15) is 45.2 Å². The Bertz CT molecular complexity index is 470. The number of amides is 1. The van der Waals surface area contributed by atoms with E-state index in [0.29, 0.717) is 6.54 Å². The van der Waals surface area contributed by atoms with Gasteiger partial charge in [-0.2, -0.15) is 0 Å². The van der Waals surface area contributed by atoms with Gasteiger partial charge in [-0.1, -0.05) is 26.0 Å². The molecule has 0 bridgehead atoms. The normalized spacial score (nSPS) is 12.4. The molecule has 0 aliphatic carbocycles. The molecule has 0 heterocycles. The van der Waals surface area contributed by atoms with E-state index < -0.39 is 5.41 Å². The highest BCUT2D eigenvalue weighted by molar-refractivity contribution is 7.99. The monoisotopic (exact) mass is 374 g/mol. The summed E-state index contributed by atoms with van der Waals surface area (Å²) in [6.07, 6.45) is 1.52. The second kappa shape index (κ2) is 11.7. The highest BCUT2D eigenvalue weighted by Crippen LogP contribution is 2.27. The molecule has 1 amide bonds. The highest BCUT2D eigenvalue weighted by atomic mass is 35.5. The number of hydrogen-bond donors (Lipinski definition) is 2. The van der Waals surface area contributed by atoms with E-state index in [1.54, 1.807) is 18.9 Å². The summed E-state index contributed by atoms with van der Waals surface area (Å²) in [5.41, 5.74) is 6.50. The molecular weight excluding hydrogens is 344 g/mol. The lowest BCUT2D eigenvalue weighted by Crippen LogP contribution is -2.46. The molecule has 4 nitrogen and oxygen atoms in total. The zero-order valence-corrected chi connectivity index (χ0v) is 16.8. The summed E-state index contributed by atoms with van der Waals surface area (Å²) in [5, 5.41) is 3.12. The van der Waals surface area contributed by atoms with Gasteiger partial charge >= 0.3 is 0 Å². The molecule has 3 N–H and O–H groups in total. The first-order chi connectivity index (χ1) is 11.0. The lowest BCUT2D eigenvalue weighted by atomic mass is 9.81. The molecule has 1 aromatic rings. The first kappa shape index (κ1) is 23.2. The third-order valence-corrected chi connectivity index (χ3v) is 5.49. The van der Waals surface area contributed by atoms with E-state index in [4.69, 9.17) is 10.5 Å². The highest BCUT2D eigenvalue weighted by Gasteiger charge is 2.33. The number of hydrogen-bond acceptors (Lipinski definition) is 4. The molecule has 138 valence electrons. The third kappa shape index (κ3) is 6.28. The predicted molar refractivity (Wildman–Crippen MR) is 105 cm³/mol. The Morgan fingerprint density at radius 3 is 2.33 bits per heavy atom. The summed E-state index contributed by atoms with van der Waals surface area (Å²) in [6.45, 7) is 7.18. The van der Waals surface area contributed by atoms with Crippen LogP contribution in [0.4, 0.5) is 0 Å². The Hall–Kier alpha value is -0.750. The number of methoxy groups -OCH3 is 1. The summed E-state index contributed by atoms with van der Waals surface area (Å²) in [5.74, 6) is 0.991. The van der Waals surface area contributed by atoms with Crippen molar-refractivity contribution in [3.63, 3.8) is 0 Å². The molecule has 6 heteroatoms. The van der Waals surface area contributed by atoms with Gasteiger partial charge in [0.1, 0.15) is 0 Å². The molecule has 1 atom stereocenters. The topological polar surface area (TPSA) is 64.4 Å². The average Bonchev–Trinajstić information content (AvgIpc) is 2.58. The van der Waals surface area contributed by atoms with E-state index in [-0.39, 0.29) is 24.4 Å². The van der Waals surface area contributed by atoms with Crippen LogP contribution in [0.5, 0.6) is 0 Å². The molecule has 0 aromatic heterocycles. The Morgan fingerprint density at radius 2 is 1.88 bits per heavy atom. The Balaban J connectivity index is 0.00000529. The van der Waals surface area contributed by atoms with Gasteiger partial charge in [0.15, 0.2) is 0 Å². The molecule has 1 rings (SSSR count). The van der Waals surface area contributed by atoms with E-state index in [9.17, 15) is 4.79 Å². The van der Waals surface area contributed by atoms with Gasteiger partial charge in [0.2, 0.25) is 5.91 Å². The molecule has 24 heavy (non-hydrogen) atoms. The maximum absolute atomic E-state index is 12.6. The van der Waals surface area contributed by atoms with E-state index in [0.717, 1.165) is 30.8 Å². The molecule has 1 aromatic carbocycles. The van der Waals surface area contributed by atoms with Gasteiger partial charge in [-0.05, 0) is 37.5 Å². The number of thioether (sulfide) groups is 1. The summed E-state index contributed by atoms with van der Waals surface area (Å²) in [6, 6.07) is 8.30. The minimum Gasteiger partial charge on any atom is -0.384 e. The van der Waals surface area contributed by atoms with Crippen LogP contribution in [0.15, 0.2) is 29.2 Å². The predicted octanol–water partition coefficient (Wildman–Crippen LogP) is 3.79. The van der Waals surface area contributed by atoms with Crippen molar-refractivity contribution >= 4 is 30.1 Å². The van der Waals surface area contributed by atoms with E-state index >= 15 is 0 Å². The van der Waals surface area contributed by atoms with Crippen molar-refractivity contribution in [1.82, 2.24) is 5.32 Å². The zero-order valence-electron chi connectivity index (χ0n) is 15.1. The van der Waals surface area contributed by atoms with Crippen molar-refractivity contribution in [3.05, 3.63) is 29.8 Å². The fourth-order valence-electron chi connectivity index (χ4n) is 2.48. The van der Waals surface area contributed by atoms with Crippen LogP contribution >= 0.6 is 24.2 Å². The van der Waals surface area contributed by atoms with Gasteiger partial charge in [-0.3, -0.25) is 4.79 Å². The summed E-state index contributed by atoms with van der Waals surface area (Å²) in [7, 11) is 1.71. The lowest BCUT2D eigenvalue weighted by molar-refractivity contribution is -0.131. The molecule has 0 radical (unpaired) electrons. The fourth-order valence-corrected chi connectivity index (χ4v) is 3.30. The molecule has 0 saturated carbocycles. The summed E-state index contributed by atoms with van der Waals surface area (Å²) >= 11 is 1.77. The second-order valence-corrected chi connectivity index (χ2v) is 6.97. The van der Waals surface area contributed by atoms with Crippen LogP contribution in [0, 0.1) is 5.41 Å². The molecule has 0 spiro atoms. The molecule has 0 aliphatic rings. The maximum Gasteiger partial charge on any atom is 0.227 e. The van der Waals surface area contributed by atoms with Crippen LogP contribution in [-0.2, 0) is 9.53 Å². The van der Waals surface area contributed by atoms with Crippen molar-refractivity contribution in [3.8, 4) is 0 Å². The number of nitrogens with two attached hydrogens (primary N) is 1. The first-order valence-electron chi connectivity index (χ1n) is 8.25. The van der Waals surface area contributed by atoms with Crippen molar-refractivity contribution in [2.45, 2.75) is 44.6 Å². The summed E-state index contributed by atoms with van der Waals surface area (Å²) < 4.78 is 5.05. The van der Waals surface area contributed by atoms with Crippen molar-refractivity contribution in [1.29, 1.82) is 0 Å². The molecule has 0 saturated heterocycles. The SMILES string of the molecule is CCC(CC)(CN)C(=O)NC(C)c1ccc(SCCOC)cc1.Cl. The number of benzene rings is 1. The molecule has 0 aliphatic heterocycles. The fraction of sp³-hybridized carbons (Fsp3) is 0.611. The Kier molecular flexibility index (Phi) is 11.4. The van der Waals surface area contributed by atoms with E-state index in [1.165, 1.54) is 4.90 Å². The Labute approximate surface area is 156 Å². The second-order valence-electron chi connectivity index (χ2n) is 5.80. The quantitative estimate of drug-likeness (QED) is 0.483. The van der Waals surface area contributed by atoms with Gasteiger partial charge < -0.3 is 15.8 Å². The third-order valence-electron chi connectivity index (χ3n) is 4.51. The van der Waals surface area contributed by atoms with E-state index in [2.05, 4.69) is 29.6 Å². The molecule has 1 unspecified atom stereocenters. The molecular formula is C18H31ClN2O2S. The first-order valence-corrected chi connectivity index (χ1v) is 9.24. The molecule has 0 fully saturated rings.